The minimum absolute atomic E-state index is 0.0190. The summed E-state index contributed by atoms with van der Waals surface area (Å²) in [5.74, 6) is 0. The van der Waals surface area contributed by atoms with Crippen LogP contribution in [0.2, 0.25) is 0 Å². The average Bonchev–Trinajstić information content (AvgIpc) is 2.38. The Balaban J connectivity index is 2.15. The van der Waals surface area contributed by atoms with E-state index in [1.54, 1.807) is 36.4 Å². The molecule has 0 heterocycles. The van der Waals surface area contributed by atoms with E-state index in [0.29, 0.717) is 5.71 Å². The van der Waals surface area contributed by atoms with Gasteiger partial charge in [-0.05, 0) is 31.2 Å². The van der Waals surface area contributed by atoms with Crippen molar-refractivity contribution in [2.75, 3.05) is 0 Å². The third-order valence-corrected chi connectivity index (χ3v) is 4.22. The van der Waals surface area contributed by atoms with Gasteiger partial charge in [0, 0.05) is 5.41 Å². The SMILES string of the molecule is Cc1ccc(S(=O)(=O)NN=C2C=CC(C)(C)C=C2)cc1. The van der Waals surface area contributed by atoms with Crippen molar-refractivity contribution in [2.24, 2.45) is 10.5 Å². The fraction of sp³-hybridized carbons (Fsp3) is 0.267. The van der Waals surface area contributed by atoms with E-state index in [-0.39, 0.29) is 10.3 Å². The topological polar surface area (TPSA) is 58.5 Å². The molecule has 4 nitrogen and oxygen atoms in total. The van der Waals surface area contributed by atoms with Gasteiger partial charge in [-0.25, -0.2) is 0 Å². The van der Waals surface area contributed by atoms with Gasteiger partial charge in [-0.1, -0.05) is 43.7 Å². The van der Waals surface area contributed by atoms with E-state index in [4.69, 9.17) is 0 Å². The predicted molar refractivity (Wildman–Crippen MR) is 81.0 cm³/mol. The first kappa shape index (κ1) is 14.5. The summed E-state index contributed by atoms with van der Waals surface area (Å²) in [5, 5.41) is 3.92. The third-order valence-electron chi connectivity index (χ3n) is 2.99. The fourth-order valence-electron chi connectivity index (χ4n) is 1.67. The zero-order valence-electron chi connectivity index (χ0n) is 11.8. The number of benzene rings is 1. The molecule has 0 aromatic heterocycles. The molecule has 0 atom stereocenters. The molecule has 1 aromatic carbocycles. The van der Waals surface area contributed by atoms with Crippen LogP contribution in [0.3, 0.4) is 0 Å². The molecule has 0 aliphatic heterocycles. The first-order valence-electron chi connectivity index (χ1n) is 6.33. The van der Waals surface area contributed by atoms with E-state index in [1.165, 1.54) is 0 Å². The lowest BCUT2D eigenvalue weighted by Gasteiger charge is -2.17. The zero-order valence-corrected chi connectivity index (χ0v) is 12.6. The molecule has 1 aromatic rings. The highest BCUT2D eigenvalue weighted by molar-refractivity contribution is 7.89. The number of sulfonamides is 1. The summed E-state index contributed by atoms with van der Waals surface area (Å²) in [5.41, 5.74) is 1.57. The van der Waals surface area contributed by atoms with Gasteiger partial charge in [0.1, 0.15) is 0 Å². The molecule has 2 rings (SSSR count). The van der Waals surface area contributed by atoms with Gasteiger partial charge in [-0.2, -0.15) is 18.4 Å². The highest BCUT2D eigenvalue weighted by Gasteiger charge is 2.15. The Bertz CT molecular complexity index is 663. The number of aryl methyl sites for hydroxylation is 1. The van der Waals surface area contributed by atoms with Crippen LogP contribution in [0.1, 0.15) is 19.4 Å². The minimum atomic E-state index is -3.61. The molecule has 5 heteroatoms. The first-order valence-corrected chi connectivity index (χ1v) is 7.81. The van der Waals surface area contributed by atoms with Crippen molar-refractivity contribution in [1.82, 2.24) is 4.83 Å². The van der Waals surface area contributed by atoms with Crippen molar-refractivity contribution in [1.29, 1.82) is 0 Å². The second-order valence-electron chi connectivity index (χ2n) is 5.43. The van der Waals surface area contributed by atoms with Gasteiger partial charge in [0.25, 0.3) is 10.0 Å². The van der Waals surface area contributed by atoms with Crippen LogP contribution in [0.25, 0.3) is 0 Å². The molecule has 0 saturated carbocycles. The lowest BCUT2D eigenvalue weighted by molar-refractivity contribution is 0.584. The van der Waals surface area contributed by atoms with Crippen LogP contribution in [-0.2, 0) is 10.0 Å². The van der Waals surface area contributed by atoms with Crippen LogP contribution >= 0.6 is 0 Å². The Labute approximate surface area is 120 Å². The number of allylic oxidation sites excluding steroid dienone is 4. The summed E-state index contributed by atoms with van der Waals surface area (Å²) >= 11 is 0. The second kappa shape index (κ2) is 5.25. The predicted octanol–water partition coefficient (Wildman–Crippen LogP) is 2.78. The molecule has 20 heavy (non-hydrogen) atoms. The molecular weight excluding hydrogens is 272 g/mol. The normalized spacial score (nSPS) is 17.1. The second-order valence-corrected chi connectivity index (χ2v) is 7.09. The van der Waals surface area contributed by atoms with Gasteiger partial charge in [-0.3, -0.25) is 0 Å². The van der Waals surface area contributed by atoms with Gasteiger partial charge in [0.15, 0.2) is 0 Å². The minimum Gasteiger partial charge on any atom is -0.200 e. The zero-order chi connectivity index (χ0) is 14.8. The Morgan fingerprint density at radius 3 is 2.15 bits per heavy atom. The monoisotopic (exact) mass is 290 g/mol. The maximum Gasteiger partial charge on any atom is 0.276 e. The highest BCUT2D eigenvalue weighted by Crippen LogP contribution is 2.22. The summed E-state index contributed by atoms with van der Waals surface area (Å²) in [4.78, 5) is 2.45. The van der Waals surface area contributed by atoms with Crippen molar-refractivity contribution >= 4 is 15.7 Å². The molecule has 0 bridgehead atoms. The molecule has 0 spiro atoms. The summed E-state index contributed by atoms with van der Waals surface area (Å²) in [6.45, 7) is 6.03. The number of nitrogens with zero attached hydrogens (tertiary/aromatic N) is 1. The molecule has 0 fully saturated rings. The van der Waals surface area contributed by atoms with E-state index in [1.807, 2.05) is 19.1 Å². The van der Waals surface area contributed by atoms with Crippen molar-refractivity contribution in [3.05, 3.63) is 54.1 Å². The van der Waals surface area contributed by atoms with Gasteiger partial charge >= 0.3 is 0 Å². The van der Waals surface area contributed by atoms with Crippen LogP contribution in [-0.4, -0.2) is 14.1 Å². The van der Waals surface area contributed by atoms with Gasteiger partial charge in [-0.15, -0.1) is 0 Å². The molecule has 1 N–H and O–H groups in total. The van der Waals surface area contributed by atoms with Crippen molar-refractivity contribution in [3.8, 4) is 0 Å². The lowest BCUT2D eigenvalue weighted by atomic mass is 9.88. The Morgan fingerprint density at radius 1 is 1.05 bits per heavy atom. The summed E-state index contributed by atoms with van der Waals surface area (Å²) in [6.07, 6.45) is 7.56. The molecule has 0 radical (unpaired) electrons. The fourth-order valence-corrected chi connectivity index (χ4v) is 2.49. The van der Waals surface area contributed by atoms with Gasteiger partial charge < -0.3 is 0 Å². The van der Waals surface area contributed by atoms with E-state index < -0.39 is 10.0 Å². The van der Waals surface area contributed by atoms with Gasteiger partial charge in [0.05, 0.1) is 10.6 Å². The smallest absolute Gasteiger partial charge is 0.200 e. The average molecular weight is 290 g/mol. The number of hydrogen-bond acceptors (Lipinski definition) is 3. The van der Waals surface area contributed by atoms with Crippen LogP contribution in [0, 0.1) is 12.3 Å². The Morgan fingerprint density at radius 2 is 1.60 bits per heavy atom. The number of hydrazone groups is 1. The Hall–Kier alpha value is -1.88. The molecular formula is C15H18N2O2S. The van der Waals surface area contributed by atoms with Crippen molar-refractivity contribution in [2.45, 2.75) is 25.7 Å². The van der Waals surface area contributed by atoms with E-state index in [0.717, 1.165) is 5.56 Å². The number of hydrogen-bond donors (Lipinski definition) is 1. The molecule has 0 unspecified atom stereocenters. The Kier molecular flexibility index (Phi) is 3.81. The van der Waals surface area contributed by atoms with Crippen LogP contribution < -0.4 is 4.83 Å². The first-order chi connectivity index (χ1) is 9.28. The van der Waals surface area contributed by atoms with E-state index >= 15 is 0 Å². The molecule has 0 saturated heterocycles. The van der Waals surface area contributed by atoms with Crippen molar-refractivity contribution in [3.63, 3.8) is 0 Å². The molecule has 0 amide bonds. The van der Waals surface area contributed by atoms with Gasteiger partial charge in [0.2, 0.25) is 0 Å². The maximum atomic E-state index is 12.0. The lowest BCUT2D eigenvalue weighted by Crippen LogP contribution is -2.20. The molecule has 1 aliphatic rings. The summed E-state index contributed by atoms with van der Waals surface area (Å²) in [6, 6.07) is 6.64. The summed E-state index contributed by atoms with van der Waals surface area (Å²) < 4.78 is 24.1. The van der Waals surface area contributed by atoms with Crippen LogP contribution in [0.15, 0.2) is 58.6 Å². The standard InChI is InChI=1S/C15H18N2O2S/c1-12-4-6-14(7-5-12)20(18,19)17-16-13-8-10-15(2,3)11-9-13/h4-11,17H,1-3H3. The largest absolute Gasteiger partial charge is 0.276 e. The van der Waals surface area contributed by atoms with E-state index in [9.17, 15) is 8.42 Å². The maximum absolute atomic E-state index is 12.0. The van der Waals surface area contributed by atoms with Crippen molar-refractivity contribution < 1.29 is 8.42 Å². The molecule has 1 aliphatic carbocycles. The third kappa shape index (κ3) is 3.57. The van der Waals surface area contributed by atoms with Crippen LogP contribution in [0.4, 0.5) is 0 Å². The van der Waals surface area contributed by atoms with E-state index in [2.05, 4.69) is 23.8 Å². The number of rotatable bonds is 3. The molecule has 106 valence electrons. The van der Waals surface area contributed by atoms with Crippen LogP contribution in [0.5, 0.6) is 0 Å². The number of nitrogens with one attached hydrogen (secondary N) is 1. The highest BCUT2D eigenvalue weighted by atomic mass is 32.2. The summed E-state index contributed by atoms with van der Waals surface area (Å²) in [7, 11) is -3.61. The quantitative estimate of drug-likeness (QED) is 0.870.